The predicted molar refractivity (Wildman–Crippen MR) is 100 cm³/mol. The Morgan fingerprint density at radius 1 is 1.04 bits per heavy atom. The normalized spacial score (nSPS) is 31.8. The second-order valence-electron chi connectivity index (χ2n) is 8.08. The molecule has 1 amide bonds. The lowest BCUT2D eigenvalue weighted by molar-refractivity contribution is 0.00258. The molecule has 5 aliphatic rings. The summed E-state index contributed by atoms with van der Waals surface area (Å²) in [6.07, 6.45) is 6.27. The van der Waals surface area contributed by atoms with Gasteiger partial charge in [-0.1, -0.05) is 12.1 Å². The van der Waals surface area contributed by atoms with Gasteiger partial charge < -0.3 is 9.80 Å². The van der Waals surface area contributed by atoms with E-state index < -0.39 is 10.4 Å². The Kier molecular flexibility index (Phi) is 5.00. The number of fused-ring (bicyclic) bond motifs is 3. The molecule has 1 aromatic rings. The number of amides is 1. The van der Waals surface area contributed by atoms with Gasteiger partial charge in [-0.2, -0.15) is 8.42 Å². The van der Waals surface area contributed by atoms with Crippen molar-refractivity contribution in [1.82, 2.24) is 9.80 Å². The van der Waals surface area contributed by atoms with Crippen LogP contribution in [0.2, 0.25) is 0 Å². The second kappa shape index (κ2) is 7.16. The minimum atomic E-state index is -4.67. The molecule has 2 N–H and O–H groups in total. The molecule has 0 spiro atoms. The van der Waals surface area contributed by atoms with Crippen LogP contribution < -0.4 is 0 Å². The van der Waals surface area contributed by atoms with Gasteiger partial charge in [-0.25, -0.2) is 0 Å². The minimum absolute atomic E-state index is 0.314. The van der Waals surface area contributed by atoms with Crippen LogP contribution in [0, 0.1) is 5.92 Å². The largest absolute Gasteiger partial charge is 0.394 e. The molecule has 4 heterocycles. The lowest BCUT2D eigenvalue weighted by Gasteiger charge is -2.51. The monoisotopic (exact) mass is 394 g/mol. The summed E-state index contributed by atoms with van der Waals surface area (Å²) < 4.78 is 31.6. The van der Waals surface area contributed by atoms with E-state index in [2.05, 4.69) is 28.0 Å². The zero-order valence-corrected chi connectivity index (χ0v) is 16.1. The van der Waals surface area contributed by atoms with Crippen molar-refractivity contribution in [3.05, 3.63) is 34.9 Å². The van der Waals surface area contributed by atoms with Crippen LogP contribution in [0.3, 0.4) is 0 Å². The molecule has 148 valence electrons. The third kappa shape index (κ3) is 3.89. The molecule has 4 aliphatic heterocycles. The van der Waals surface area contributed by atoms with Gasteiger partial charge in [0.25, 0.3) is 5.91 Å². The van der Waals surface area contributed by atoms with Gasteiger partial charge in [0.15, 0.2) is 0 Å². The van der Waals surface area contributed by atoms with E-state index in [4.69, 9.17) is 17.5 Å². The highest BCUT2D eigenvalue weighted by Gasteiger charge is 2.43. The smallest absolute Gasteiger partial charge is 0.333 e. The molecule has 3 fully saturated rings. The fourth-order valence-corrected chi connectivity index (χ4v) is 5.41. The Labute approximate surface area is 159 Å². The number of benzene rings is 1. The van der Waals surface area contributed by atoms with Crippen LogP contribution in [-0.4, -0.2) is 65.5 Å². The quantitative estimate of drug-likeness (QED) is 0.707. The first-order chi connectivity index (χ1) is 12.8. The summed E-state index contributed by atoms with van der Waals surface area (Å²) in [4.78, 5) is 18.0. The summed E-state index contributed by atoms with van der Waals surface area (Å²) in [6.45, 7) is 4.57. The predicted octanol–water partition coefficient (Wildman–Crippen LogP) is 2.00. The van der Waals surface area contributed by atoms with Crippen molar-refractivity contribution in [3.63, 3.8) is 0 Å². The molecule has 2 bridgehead atoms. The summed E-state index contributed by atoms with van der Waals surface area (Å²) in [5.41, 5.74) is 3.86. The SMILES string of the molecule is O=C1c2cccc3c2[C@@H](CCC3)CN1[C@@H]1CN2CCC1CC2.O=S(=O)(O)O. The van der Waals surface area contributed by atoms with E-state index in [0.29, 0.717) is 17.9 Å². The highest BCUT2D eigenvalue weighted by atomic mass is 32.3. The zero-order valence-electron chi connectivity index (χ0n) is 15.2. The summed E-state index contributed by atoms with van der Waals surface area (Å²) in [7, 11) is -4.67. The van der Waals surface area contributed by atoms with Gasteiger partial charge in [0, 0.05) is 30.6 Å². The molecule has 6 rings (SSSR count). The van der Waals surface area contributed by atoms with Crippen molar-refractivity contribution in [1.29, 1.82) is 0 Å². The van der Waals surface area contributed by atoms with E-state index in [0.717, 1.165) is 31.0 Å². The van der Waals surface area contributed by atoms with Crippen LogP contribution >= 0.6 is 0 Å². The first-order valence-electron chi connectivity index (χ1n) is 9.66. The second-order valence-corrected chi connectivity index (χ2v) is 8.97. The Bertz CT molecular complexity index is 825. The van der Waals surface area contributed by atoms with Gasteiger partial charge in [-0.05, 0) is 68.3 Å². The number of hydrogen-bond donors (Lipinski definition) is 2. The molecule has 3 saturated heterocycles. The molecule has 2 atom stereocenters. The van der Waals surface area contributed by atoms with Gasteiger partial charge in [0.2, 0.25) is 0 Å². The van der Waals surface area contributed by atoms with Gasteiger partial charge in [-0.15, -0.1) is 0 Å². The van der Waals surface area contributed by atoms with E-state index in [1.54, 1.807) is 0 Å². The van der Waals surface area contributed by atoms with Crippen LogP contribution in [0.25, 0.3) is 0 Å². The standard InChI is InChI=1S/C19H24N2O.H2O4S/c22-19-16-6-2-4-14-3-1-5-15(18(14)16)11-21(19)17-12-20-9-7-13(17)8-10-20;1-5(2,3)4/h2,4,6,13,15,17H,1,3,5,7-12H2;(H2,1,2,3,4)/t15-,17+;/m0./s1. The molecular weight excluding hydrogens is 368 g/mol. The fourth-order valence-electron chi connectivity index (χ4n) is 5.41. The first-order valence-corrected chi connectivity index (χ1v) is 11.1. The maximum Gasteiger partial charge on any atom is 0.394 e. The molecule has 8 heteroatoms. The number of carbonyl (C=O) groups is 1. The van der Waals surface area contributed by atoms with Crippen molar-refractivity contribution < 1.29 is 22.3 Å². The van der Waals surface area contributed by atoms with Crippen LogP contribution in [-0.2, 0) is 16.8 Å². The van der Waals surface area contributed by atoms with E-state index in [-0.39, 0.29) is 0 Å². The Balaban J connectivity index is 0.000000323. The first kappa shape index (κ1) is 18.9. The number of piperidine rings is 3. The fraction of sp³-hybridized carbons (Fsp3) is 0.632. The van der Waals surface area contributed by atoms with Crippen LogP contribution in [0.4, 0.5) is 0 Å². The summed E-state index contributed by atoms with van der Waals surface area (Å²) in [5, 5.41) is 0. The molecule has 27 heavy (non-hydrogen) atoms. The van der Waals surface area contributed by atoms with E-state index >= 15 is 0 Å². The minimum Gasteiger partial charge on any atom is -0.333 e. The highest BCUT2D eigenvalue weighted by molar-refractivity contribution is 7.79. The third-order valence-corrected chi connectivity index (χ3v) is 6.53. The maximum absolute atomic E-state index is 13.1. The topological polar surface area (TPSA) is 98.2 Å². The Morgan fingerprint density at radius 3 is 2.37 bits per heavy atom. The summed E-state index contributed by atoms with van der Waals surface area (Å²) in [5.74, 6) is 1.64. The van der Waals surface area contributed by atoms with Gasteiger partial charge >= 0.3 is 10.4 Å². The van der Waals surface area contributed by atoms with E-state index in [9.17, 15) is 4.79 Å². The van der Waals surface area contributed by atoms with Crippen LogP contribution in [0.5, 0.6) is 0 Å². The molecule has 0 radical (unpaired) electrons. The lowest BCUT2D eigenvalue weighted by atomic mass is 9.75. The summed E-state index contributed by atoms with van der Waals surface area (Å²) in [6, 6.07) is 6.87. The van der Waals surface area contributed by atoms with Crippen molar-refractivity contribution in [2.24, 2.45) is 5.92 Å². The molecule has 7 nitrogen and oxygen atoms in total. The zero-order chi connectivity index (χ0) is 19.2. The number of aryl methyl sites for hydroxylation is 1. The molecule has 0 unspecified atom stereocenters. The van der Waals surface area contributed by atoms with Crippen molar-refractivity contribution >= 4 is 16.3 Å². The van der Waals surface area contributed by atoms with Crippen molar-refractivity contribution in [3.8, 4) is 0 Å². The van der Waals surface area contributed by atoms with Gasteiger partial charge in [-0.3, -0.25) is 13.9 Å². The molecule has 1 aliphatic carbocycles. The van der Waals surface area contributed by atoms with Crippen molar-refractivity contribution in [2.45, 2.75) is 44.1 Å². The van der Waals surface area contributed by atoms with Crippen LogP contribution in [0.1, 0.15) is 53.1 Å². The van der Waals surface area contributed by atoms with Gasteiger partial charge in [0.1, 0.15) is 0 Å². The summed E-state index contributed by atoms with van der Waals surface area (Å²) >= 11 is 0. The van der Waals surface area contributed by atoms with Gasteiger partial charge in [0.05, 0.1) is 0 Å². The highest BCUT2D eigenvalue weighted by Crippen LogP contribution is 2.41. The Hall–Kier alpha value is -1.48. The van der Waals surface area contributed by atoms with Crippen molar-refractivity contribution in [2.75, 3.05) is 26.2 Å². The molecule has 0 saturated carbocycles. The Morgan fingerprint density at radius 2 is 1.74 bits per heavy atom. The molecule has 1 aromatic carbocycles. The average molecular weight is 394 g/mol. The number of rotatable bonds is 1. The van der Waals surface area contributed by atoms with E-state index in [1.165, 1.54) is 49.9 Å². The number of nitrogens with zero attached hydrogens (tertiary/aromatic N) is 2. The third-order valence-electron chi connectivity index (χ3n) is 6.53. The van der Waals surface area contributed by atoms with Crippen LogP contribution in [0.15, 0.2) is 18.2 Å². The number of carbonyl (C=O) groups excluding carboxylic acids is 1. The van der Waals surface area contributed by atoms with E-state index in [1.807, 2.05) is 0 Å². The maximum atomic E-state index is 13.1. The molecular formula is C19H26N2O5S. The molecule has 0 aromatic heterocycles. The number of hydrogen-bond acceptors (Lipinski definition) is 4. The average Bonchev–Trinajstić information content (AvgIpc) is 2.64. The lowest BCUT2D eigenvalue weighted by Crippen LogP contribution is -2.60.